The number of amides is 1. The molecule has 1 aliphatic rings. The summed E-state index contributed by atoms with van der Waals surface area (Å²) in [6.07, 6.45) is 7.96. The quantitative estimate of drug-likeness (QED) is 0.907. The van der Waals surface area contributed by atoms with Gasteiger partial charge >= 0.3 is 0 Å². The van der Waals surface area contributed by atoms with Gasteiger partial charge in [-0.3, -0.25) is 9.48 Å². The Morgan fingerprint density at radius 1 is 1.32 bits per heavy atom. The third-order valence-electron chi connectivity index (χ3n) is 4.83. The van der Waals surface area contributed by atoms with Gasteiger partial charge in [-0.2, -0.15) is 5.10 Å². The van der Waals surface area contributed by atoms with Crippen LogP contribution in [0, 0.1) is 13.8 Å². The number of aromatic nitrogens is 3. The highest BCUT2D eigenvalue weighted by Gasteiger charge is 2.18. The molecule has 1 saturated carbocycles. The molecule has 0 atom stereocenters. The topological polar surface area (TPSA) is 69.0 Å². The smallest absolute Gasteiger partial charge is 0.255 e. The van der Waals surface area contributed by atoms with Crippen molar-refractivity contribution in [3.8, 4) is 5.88 Å². The van der Waals surface area contributed by atoms with Crippen molar-refractivity contribution in [2.75, 3.05) is 0 Å². The Morgan fingerprint density at radius 3 is 2.76 bits per heavy atom. The predicted molar refractivity (Wildman–Crippen MR) is 95.6 cm³/mol. The minimum absolute atomic E-state index is 0.102. The molecule has 0 aliphatic heterocycles. The average molecular weight is 342 g/mol. The SMILES string of the molecule is Cc1nn(C)c(C)c1C(=O)NCc1ccnc(OC2CCCCC2)c1. The number of carbonyl (C=O) groups is 1. The van der Waals surface area contributed by atoms with Gasteiger partial charge in [0.2, 0.25) is 5.88 Å². The first-order chi connectivity index (χ1) is 12.0. The van der Waals surface area contributed by atoms with E-state index in [1.807, 2.05) is 33.0 Å². The van der Waals surface area contributed by atoms with E-state index in [1.165, 1.54) is 19.3 Å². The molecule has 6 heteroatoms. The summed E-state index contributed by atoms with van der Waals surface area (Å²) in [7, 11) is 1.84. The monoisotopic (exact) mass is 342 g/mol. The van der Waals surface area contributed by atoms with Crippen LogP contribution >= 0.6 is 0 Å². The van der Waals surface area contributed by atoms with Crippen molar-refractivity contribution in [2.45, 2.75) is 58.6 Å². The third-order valence-corrected chi connectivity index (χ3v) is 4.83. The van der Waals surface area contributed by atoms with Gasteiger partial charge < -0.3 is 10.1 Å². The van der Waals surface area contributed by atoms with Crippen LogP contribution in [0.5, 0.6) is 5.88 Å². The number of rotatable bonds is 5. The van der Waals surface area contributed by atoms with Gasteiger partial charge in [-0.1, -0.05) is 6.42 Å². The van der Waals surface area contributed by atoms with E-state index in [9.17, 15) is 4.79 Å². The van der Waals surface area contributed by atoms with E-state index in [0.29, 0.717) is 18.0 Å². The number of ether oxygens (including phenoxy) is 1. The lowest BCUT2D eigenvalue weighted by Gasteiger charge is -2.22. The summed E-state index contributed by atoms with van der Waals surface area (Å²) < 4.78 is 7.72. The zero-order valence-corrected chi connectivity index (χ0v) is 15.2. The van der Waals surface area contributed by atoms with Gasteiger partial charge in [-0.05, 0) is 51.2 Å². The minimum Gasteiger partial charge on any atom is -0.474 e. The second-order valence-corrected chi connectivity index (χ2v) is 6.73. The van der Waals surface area contributed by atoms with Crippen molar-refractivity contribution in [2.24, 2.45) is 7.05 Å². The van der Waals surface area contributed by atoms with E-state index in [2.05, 4.69) is 15.4 Å². The van der Waals surface area contributed by atoms with Crippen LogP contribution < -0.4 is 10.1 Å². The molecule has 1 N–H and O–H groups in total. The Morgan fingerprint density at radius 2 is 2.08 bits per heavy atom. The van der Waals surface area contributed by atoms with E-state index in [4.69, 9.17) is 4.74 Å². The van der Waals surface area contributed by atoms with Crippen LogP contribution in [-0.2, 0) is 13.6 Å². The molecule has 0 unspecified atom stereocenters. The largest absolute Gasteiger partial charge is 0.474 e. The van der Waals surface area contributed by atoms with Crippen LogP contribution in [0.3, 0.4) is 0 Å². The highest BCUT2D eigenvalue weighted by Crippen LogP contribution is 2.22. The molecule has 2 aromatic heterocycles. The summed E-state index contributed by atoms with van der Waals surface area (Å²) in [6.45, 7) is 4.19. The van der Waals surface area contributed by atoms with Crippen molar-refractivity contribution in [1.82, 2.24) is 20.1 Å². The fraction of sp³-hybridized carbons (Fsp3) is 0.526. The molecule has 0 saturated heterocycles. The van der Waals surface area contributed by atoms with Crippen LogP contribution in [0.4, 0.5) is 0 Å². The summed E-state index contributed by atoms with van der Waals surface area (Å²) >= 11 is 0. The van der Waals surface area contributed by atoms with E-state index in [0.717, 1.165) is 29.8 Å². The number of hydrogen-bond donors (Lipinski definition) is 1. The molecule has 134 valence electrons. The average Bonchev–Trinajstić information content (AvgIpc) is 2.86. The highest BCUT2D eigenvalue weighted by molar-refractivity contribution is 5.96. The fourth-order valence-corrected chi connectivity index (χ4v) is 3.35. The molecule has 1 fully saturated rings. The molecule has 25 heavy (non-hydrogen) atoms. The van der Waals surface area contributed by atoms with E-state index in [-0.39, 0.29) is 12.0 Å². The highest BCUT2D eigenvalue weighted by atomic mass is 16.5. The Labute approximate surface area is 148 Å². The van der Waals surface area contributed by atoms with E-state index >= 15 is 0 Å². The summed E-state index contributed by atoms with van der Waals surface area (Å²) in [5.41, 5.74) is 3.24. The maximum Gasteiger partial charge on any atom is 0.255 e. The van der Waals surface area contributed by atoms with Gasteiger partial charge in [0.1, 0.15) is 6.10 Å². The number of nitrogens with zero attached hydrogens (tertiary/aromatic N) is 3. The second kappa shape index (κ2) is 7.68. The number of nitrogens with one attached hydrogen (secondary N) is 1. The minimum atomic E-state index is -0.102. The van der Waals surface area contributed by atoms with Crippen molar-refractivity contribution in [3.63, 3.8) is 0 Å². The van der Waals surface area contributed by atoms with Crippen LogP contribution in [0.1, 0.15) is 59.4 Å². The molecule has 2 heterocycles. The first-order valence-electron chi connectivity index (χ1n) is 8.94. The normalized spacial score (nSPS) is 15.2. The molecule has 0 aromatic carbocycles. The van der Waals surface area contributed by atoms with Crippen LogP contribution in [-0.4, -0.2) is 26.8 Å². The lowest BCUT2D eigenvalue weighted by Crippen LogP contribution is -2.24. The molecule has 1 amide bonds. The molecule has 2 aromatic rings. The number of aryl methyl sites for hydroxylation is 2. The van der Waals surface area contributed by atoms with Crippen molar-refractivity contribution >= 4 is 5.91 Å². The summed E-state index contributed by atoms with van der Waals surface area (Å²) in [5, 5.41) is 7.26. The standard InChI is InChI=1S/C19H26N4O2/c1-13-18(14(2)23(3)22-13)19(24)21-12-15-9-10-20-17(11-15)25-16-7-5-4-6-8-16/h9-11,16H,4-8,12H2,1-3H3,(H,21,24). The number of hydrogen-bond acceptors (Lipinski definition) is 4. The fourth-order valence-electron chi connectivity index (χ4n) is 3.35. The van der Waals surface area contributed by atoms with Gasteiger partial charge in [0.15, 0.2) is 0 Å². The molecule has 6 nitrogen and oxygen atoms in total. The van der Waals surface area contributed by atoms with Crippen molar-refractivity contribution < 1.29 is 9.53 Å². The lowest BCUT2D eigenvalue weighted by atomic mass is 9.98. The summed E-state index contributed by atoms with van der Waals surface area (Å²) in [6, 6.07) is 3.81. The molecular weight excluding hydrogens is 316 g/mol. The maximum atomic E-state index is 12.5. The van der Waals surface area contributed by atoms with Crippen LogP contribution in [0.15, 0.2) is 18.3 Å². The van der Waals surface area contributed by atoms with Gasteiger partial charge in [0.25, 0.3) is 5.91 Å². The van der Waals surface area contributed by atoms with Crippen LogP contribution in [0.2, 0.25) is 0 Å². The predicted octanol–water partition coefficient (Wildman–Crippen LogP) is 3.07. The second-order valence-electron chi connectivity index (χ2n) is 6.73. The van der Waals surface area contributed by atoms with Gasteiger partial charge in [0, 0.05) is 31.5 Å². The lowest BCUT2D eigenvalue weighted by molar-refractivity contribution is 0.0949. The Bertz CT molecular complexity index is 748. The first kappa shape index (κ1) is 17.5. The van der Waals surface area contributed by atoms with Gasteiger partial charge in [0.05, 0.1) is 11.3 Å². The maximum absolute atomic E-state index is 12.5. The Balaban J connectivity index is 1.61. The molecule has 0 bridgehead atoms. The number of carbonyl (C=O) groups excluding carboxylic acids is 1. The van der Waals surface area contributed by atoms with Gasteiger partial charge in [-0.25, -0.2) is 4.98 Å². The Kier molecular flexibility index (Phi) is 5.36. The molecule has 0 spiro atoms. The van der Waals surface area contributed by atoms with Crippen molar-refractivity contribution in [3.05, 3.63) is 40.8 Å². The molecule has 1 aliphatic carbocycles. The Hall–Kier alpha value is -2.37. The first-order valence-corrected chi connectivity index (χ1v) is 8.94. The number of pyridine rings is 1. The summed E-state index contributed by atoms with van der Waals surface area (Å²) in [4.78, 5) is 16.8. The zero-order chi connectivity index (χ0) is 17.8. The molecule has 0 radical (unpaired) electrons. The third kappa shape index (κ3) is 4.18. The van der Waals surface area contributed by atoms with Gasteiger partial charge in [-0.15, -0.1) is 0 Å². The van der Waals surface area contributed by atoms with Crippen molar-refractivity contribution in [1.29, 1.82) is 0 Å². The molecule has 3 rings (SSSR count). The summed E-state index contributed by atoms with van der Waals surface area (Å²) in [5.74, 6) is 0.544. The van der Waals surface area contributed by atoms with E-state index < -0.39 is 0 Å². The zero-order valence-electron chi connectivity index (χ0n) is 15.2. The molecular formula is C19H26N4O2. The van der Waals surface area contributed by atoms with Crippen LogP contribution in [0.25, 0.3) is 0 Å². The van der Waals surface area contributed by atoms with E-state index in [1.54, 1.807) is 10.9 Å².